The number of nitro groups is 1. The number of amides is 3. The summed E-state index contributed by atoms with van der Waals surface area (Å²) in [5, 5.41) is 16.5. The van der Waals surface area contributed by atoms with Crippen LogP contribution in [0.3, 0.4) is 0 Å². The Bertz CT molecular complexity index is 1090. The number of likely N-dealkylation sites (tertiary alicyclic amines) is 1. The van der Waals surface area contributed by atoms with Gasteiger partial charge in [-0.15, -0.1) is 0 Å². The second-order valence-electron chi connectivity index (χ2n) is 9.00. The summed E-state index contributed by atoms with van der Waals surface area (Å²) in [6.07, 6.45) is 8.75. The van der Waals surface area contributed by atoms with Crippen molar-refractivity contribution in [2.24, 2.45) is 5.92 Å². The number of piperidine rings is 1. The van der Waals surface area contributed by atoms with Crippen molar-refractivity contribution in [1.29, 1.82) is 0 Å². The lowest BCUT2D eigenvalue weighted by molar-refractivity contribution is -0.384. The highest BCUT2D eigenvalue weighted by Crippen LogP contribution is 2.28. The predicted molar refractivity (Wildman–Crippen MR) is 127 cm³/mol. The third kappa shape index (κ3) is 6.17. The minimum absolute atomic E-state index is 0.0663. The first-order valence-electron chi connectivity index (χ1n) is 11.9. The van der Waals surface area contributed by atoms with Gasteiger partial charge in [0.1, 0.15) is 0 Å². The molecule has 0 radical (unpaired) electrons. The molecule has 11 heteroatoms. The topological polar surface area (TPSA) is 147 Å². The lowest BCUT2D eigenvalue weighted by Gasteiger charge is -2.32. The molecule has 35 heavy (non-hydrogen) atoms. The van der Waals surface area contributed by atoms with Crippen LogP contribution in [0, 0.1) is 16.0 Å². The molecule has 2 fully saturated rings. The minimum Gasteiger partial charge on any atom is -0.348 e. The third-order valence-corrected chi connectivity index (χ3v) is 6.56. The second-order valence-corrected chi connectivity index (χ2v) is 9.00. The molecule has 0 bridgehead atoms. The first-order valence-corrected chi connectivity index (χ1v) is 11.9. The number of rotatable bonds is 7. The van der Waals surface area contributed by atoms with E-state index < -0.39 is 10.8 Å². The molecule has 1 aliphatic heterocycles. The van der Waals surface area contributed by atoms with Gasteiger partial charge >= 0.3 is 0 Å². The number of nitrogens with one attached hydrogen (secondary N) is 2. The van der Waals surface area contributed by atoms with E-state index in [0.717, 1.165) is 25.7 Å². The van der Waals surface area contributed by atoms with Crippen LogP contribution in [0.15, 0.2) is 36.7 Å². The molecule has 1 saturated heterocycles. The van der Waals surface area contributed by atoms with Crippen LogP contribution in [0.4, 0.5) is 11.5 Å². The normalized spacial score (nSPS) is 16.6. The summed E-state index contributed by atoms with van der Waals surface area (Å²) in [4.78, 5) is 58.2. The third-order valence-electron chi connectivity index (χ3n) is 6.56. The molecule has 184 valence electrons. The molecule has 2 aliphatic rings. The highest BCUT2D eigenvalue weighted by molar-refractivity contribution is 6.01. The predicted octanol–water partition coefficient (Wildman–Crippen LogP) is 2.94. The number of non-ortho nitro benzene ring substituents is 1. The average Bonchev–Trinajstić information content (AvgIpc) is 3.37. The van der Waals surface area contributed by atoms with Crippen molar-refractivity contribution in [2.75, 3.05) is 18.4 Å². The number of nitro benzene ring substituents is 1. The van der Waals surface area contributed by atoms with Gasteiger partial charge in [0, 0.05) is 55.6 Å². The number of aromatic nitrogens is 2. The van der Waals surface area contributed by atoms with Crippen molar-refractivity contribution in [3.8, 4) is 0 Å². The van der Waals surface area contributed by atoms with Crippen LogP contribution in [0.1, 0.15) is 65.8 Å². The Balaban J connectivity index is 1.30. The molecule has 1 aromatic heterocycles. The highest BCUT2D eigenvalue weighted by Gasteiger charge is 2.27. The van der Waals surface area contributed by atoms with Crippen molar-refractivity contribution >= 4 is 29.2 Å². The zero-order valence-corrected chi connectivity index (χ0v) is 19.3. The van der Waals surface area contributed by atoms with E-state index >= 15 is 0 Å². The van der Waals surface area contributed by atoms with Gasteiger partial charge in [-0.2, -0.15) is 0 Å². The Hall–Kier alpha value is -3.89. The van der Waals surface area contributed by atoms with E-state index in [4.69, 9.17) is 0 Å². The van der Waals surface area contributed by atoms with Crippen LogP contribution in [0.2, 0.25) is 0 Å². The molecule has 0 atom stereocenters. The summed E-state index contributed by atoms with van der Waals surface area (Å²) in [5.74, 6) is -0.258. The van der Waals surface area contributed by atoms with Crippen molar-refractivity contribution in [1.82, 2.24) is 20.2 Å². The molecule has 3 amide bonds. The number of carbonyl (C=O) groups excluding carboxylic acids is 3. The zero-order valence-electron chi connectivity index (χ0n) is 19.3. The monoisotopic (exact) mass is 480 g/mol. The fourth-order valence-corrected chi connectivity index (χ4v) is 4.64. The van der Waals surface area contributed by atoms with E-state index in [1.54, 1.807) is 4.90 Å². The van der Waals surface area contributed by atoms with Gasteiger partial charge in [-0.05, 0) is 43.7 Å². The first kappa shape index (κ1) is 24.2. The second kappa shape index (κ2) is 11.0. The molecule has 0 unspecified atom stereocenters. The average molecular weight is 481 g/mol. The number of nitrogens with zero attached hydrogens (tertiary/aromatic N) is 4. The number of benzene rings is 1. The molecule has 2 N–H and O–H groups in total. The maximum Gasteiger partial charge on any atom is 0.273 e. The summed E-state index contributed by atoms with van der Waals surface area (Å²) in [6.45, 7) is 0.873. The van der Waals surface area contributed by atoms with Crippen LogP contribution in [0.5, 0.6) is 0 Å². The van der Waals surface area contributed by atoms with Gasteiger partial charge in [0.2, 0.25) is 5.91 Å². The Morgan fingerprint density at radius 1 is 1.00 bits per heavy atom. The molecule has 4 rings (SSSR count). The molecule has 1 aliphatic carbocycles. The van der Waals surface area contributed by atoms with Crippen LogP contribution >= 0.6 is 0 Å². The summed E-state index contributed by atoms with van der Waals surface area (Å²) in [7, 11) is 0. The maximum atomic E-state index is 12.9. The molecule has 1 saturated carbocycles. The van der Waals surface area contributed by atoms with Crippen LogP contribution in [-0.2, 0) is 4.79 Å². The minimum atomic E-state index is -0.508. The van der Waals surface area contributed by atoms with E-state index in [2.05, 4.69) is 20.6 Å². The quantitative estimate of drug-likeness (QED) is 0.457. The Morgan fingerprint density at radius 3 is 2.31 bits per heavy atom. The van der Waals surface area contributed by atoms with Gasteiger partial charge in [0.15, 0.2) is 11.5 Å². The van der Waals surface area contributed by atoms with Gasteiger partial charge < -0.3 is 15.5 Å². The molecule has 2 aromatic rings. The fourth-order valence-electron chi connectivity index (χ4n) is 4.64. The van der Waals surface area contributed by atoms with E-state index in [-0.39, 0.29) is 35.1 Å². The maximum absolute atomic E-state index is 12.9. The SMILES string of the molecule is O=C(CC1CCCC1)Nc1nccnc1C(=O)NC1CCN(C(=O)c2ccc([N+](=O)[O-])cc2)CC1. The van der Waals surface area contributed by atoms with Crippen LogP contribution in [-0.4, -0.2) is 56.6 Å². The molecule has 11 nitrogen and oxygen atoms in total. The van der Waals surface area contributed by atoms with Crippen molar-refractivity contribution in [3.63, 3.8) is 0 Å². The fraction of sp³-hybridized carbons (Fsp3) is 0.458. The first-order chi connectivity index (χ1) is 16.9. The van der Waals surface area contributed by atoms with Gasteiger partial charge in [0.05, 0.1) is 4.92 Å². The summed E-state index contributed by atoms with van der Waals surface area (Å²) in [6, 6.07) is 5.36. The van der Waals surface area contributed by atoms with Crippen LogP contribution in [0.25, 0.3) is 0 Å². The van der Waals surface area contributed by atoms with E-state index in [1.807, 2.05) is 0 Å². The smallest absolute Gasteiger partial charge is 0.273 e. The van der Waals surface area contributed by atoms with Gasteiger partial charge in [-0.3, -0.25) is 24.5 Å². The van der Waals surface area contributed by atoms with Gasteiger partial charge in [-0.25, -0.2) is 9.97 Å². The Morgan fingerprint density at radius 2 is 1.66 bits per heavy atom. The lowest BCUT2D eigenvalue weighted by atomic mass is 10.0. The molecule has 0 spiro atoms. The largest absolute Gasteiger partial charge is 0.348 e. The number of hydrogen-bond donors (Lipinski definition) is 2. The standard InChI is InChI=1S/C24H28N6O5/c31-20(15-16-3-1-2-4-16)28-22-21(25-11-12-26-22)23(32)27-18-9-13-29(14-10-18)24(33)17-5-7-19(8-6-17)30(34)35/h5-8,11-12,16,18H,1-4,9-10,13-15H2,(H,27,32)(H,26,28,31). The number of carbonyl (C=O) groups is 3. The summed E-state index contributed by atoms with van der Waals surface area (Å²) < 4.78 is 0. The van der Waals surface area contributed by atoms with Gasteiger partial charge in [0.25, 0.3) is 17.5 Å². The number of hydrogen-bond acceptors (Lipinski definition) is 7. The van der Waals surface area contributed by atoms with Crippen molar-refractivity contribution in [3.05, 3.63) is 58.0 Å². The zero-order chi connectivity index (χ0) is 24.8. The molecule has 2 heterocycles. The lowest BCUT2D eigenvalue weighted by Crippen LogP contribution is -2.46. The van der Waals surface area contributed by atoms with Gasteiger partial charge in [-0.1, -0.05) is 12.8 Å². The van der Waals surface area contributed by atoms with Crippen molar-refractivity contribution < 1.29 is 19.3 Å². The van der Waals surface area contributed by atoms with E-state index in [1.165, 1.54) is 36.7 Å². The van der Waals surface area contributed by atoms with Crippen LogP contribution < -0.4 is 10.6 Å². The molecular formula is C24H28N6O5. The van der Waals surface area contributed by atoms with E-state index in [0.29, 0.717) is 43.8 Å². The number of anilines is 1. The van der Waals surface area contributed by atoms with Crippen molar-refractivity contribution in [2.45, 2.75) is 51.0 Å². The molecule has 1 aromatic carbocycles. The van der Waals surface area contributed by atoms with E-state index in [9.17, 15) is 24.5 Å². The highest BCUT2D eigenvalue weighted by atomic mass is 16.6. The molecular weight excluding hydrogens is 452 g/mol. The Labute approximate surface area is 202 Å². The summed E-state index contributed by atoms with van der Waals surface area (Å²) in [5.41, 5.74) is 0.383. The summed E-state index contributed by atoms with van der Waals surface area (Å²) >= 11 is 0. The Kier molecular flexibility index (Phi) is 7.64.